The Bertz CT molecular complexity index is 1610. The molecule has 0 aliphatic carbocycles. The molecule has 0 amide bonds. The lowest BCUT2D eigenvalue weighted by atomic mass is 10.1. The molecule has 3 aromatic carbocycles. The van der Waals surface area contributed by atoms with E-state index in [0.29, 0.717) is 34.5 Å². The van der Waals surface area contributed by atoms with E-state index in [1.54, 1.807) is 24.3 Å². The summed E-state index contributed by atoms with van der Waals surface area (Å²) < 4.78 is 54.5. The smallest absolute Gasteiger partial charge is 0.303 e. The molecule has 290 valence electrons. The third kappa shape index (κ3) is 13.7. The first kappa shape index (κ1) is 42.2. The summed E-state index contributed by atoms with van der Waals surface area (Å²) in [4.78, 5) is 45.6. The van der Waals surface area contributed by atoms with Gasteiger partial charge in [-0.25, -0.2) is 0 Å². The molecule has 0 fully saturated rings. The lowest BCUT2D eigenvalue weighted by Gasteiger charge is -2.20. The lowest BCUT2D eigenvalue weighted by Crippen LogP contribution is -2.30. The van der Waals surface area contributed by atoms with Crippen molar-refractivity contribution in [3.05, 3.63) is 70.8 Å². The van der Waals surface area contributed by atoms with Gasteiger partial charge in [0.2, 0.25) is 11.5 Å². The van der Waals surface area contributed by atoms with E-state index in [2.05, 4.69) is 0 Å². The van der Waals surface area contributed by atoms with Gasteiger partial charge in [0.15, 0.2) is 35.2 Å². The van der Waals surface area contributed by atoms with Gasteiger partial charge < -0.3 is 47.4 Å². The van der Waals surface area contributed by atoms with Gasteiger partial charge >= 0.3 is 23.9 Å². The molecule has 2 unspecified atom stereocenters. The van der Waals surface area contributed by atoms with Crippen LogP contribution in [0.5, 0.6) is 34.5 Å². The highest BCUT2D eigenvalue weighted by Gasteiger charge is 2.21. The Morgan fingerprint density at radius 1 is 0.463 bits per heavy atom. The number of ether oxygens (including phenoxy) is 10. The highest BCUT2D eigenvalue weighted by molar-refractivity contribution is 5.76. The molecule has 14 nitrogen and oxygen atoms in total. The number of hydrogen-bond donors (Lipinski definition) is 0. The van der Waals surface area contributed by atoms with Crippen molar-refractivity contribution in [2.24, 2.45) is 0 Å². The summed E-state index contributed by atoms with van der Waals surface area (Å²) in [5.74, 6) is 0.0690. The molecular formula is C40H46O14. The van der Waals surface area contributed by atoms with E-state index in [0.717, 1.165) is 22.3 Å². The SMILES string of the molecule is COc1cc(/C=C/c2ccc(/C=C/c3cc(OC)c(OCC(COC(C)=O)OC(C)=O)c(OC)c3)cc2)cc(OC)c1OCC(COC(C)=O)OC(C)=O. The average Bonchev–Trinajstić information content (AvgIpc) is 3.14. The van der Waals surface area contributed by atoms with Gasteiger partial charge in [0.05, 0.1) is 28.4 Å². The largest absolute Gasteiger partial charge is 0.493 e. The molecule has 0 saturated heterocycles. The van der Waals surface area contributed by atoms with Crippen LogP contribution in [-0.2, 0) is 38.1 Å². The minimum Gasteiger partial charge on any atom is -0.493 e. The quantitative estimate of drug-likeness (QED) is 0.0773. The van der Waals surface area contributed by atoms with E-state index in [9.17, 15) is 19.2 Å². The van der Waals surface area contributed by atoms with Crippen LogP contribution in [0.25, 0.3) is 24.3 Å². The molecular weight excluding hydrogens is 704 g/mol. The minimum atomic E-state index is -0.829. The second-order valence-electron chi connectivity index (χ2n) is 11.5. The number of carbonyl (C=O) groups is 4. The summed E-state index contributed by atoms with van der Waals surface area (Å²) >= 11 is 0. The number of carbonyl (C=O) groups excluding carboxylic acids is 4. The maximum atomic E-state index is 11.5. The van der Waals surface area contributed by atoms with Crippen molar-refractivity contribution >= 4 is 48.2 Å². The Morgan fingerprint density at radius 2 is 0.759 bits per heavy atom. The number of esters is 4. The van der Waals surface area contributed by atoms with Gasteiger partial charge in [0, 0.05) is 27.7 Å². The van der Waals surface area contributed by atoms with E-state index in [-0.39, 0.29) is 26.4 Å². The first-order chi connectivity index (χ1) is 25.8. The van der Waals surface area contributed by atoms with E-state index in [4.69, 9.17) is 47.4 Å². The maximum Gasteiger partial charge on any atom is 0.303 e. The van der Waals surface area contributed by atoms with Crippen LogP contribution in [0.3, 0.4) is 0 Å². The third-order valence-corrected chi connectivity index (χ3v) is 7.28. The molecule has 0 heterocycles. The molecule has 14 heteroatoms. The van der Waals surface area contributed by atoms with Crippen molar-refractivity contribution in [1.82, 2.24) is 0 Å². The summed E-state index contributed by atoms with van der Waals surface area (Å²) in [5, 5.41) is 0. The Labute approximate surface area is 314 Å². The Hall–Kier alpha value is -6.18. The van der Waals surface area contributed by atoms with Crippen LogP contribution in [0, 0.1) is 0 Å². The summed E-state index contributed by atoms with van der Waals surface area (Å²) in [6, 6.07) is 15.0. The molecule has 0 bridgehead atoms. The topological polar surface area (TPSA) is 161 Å². The van der Waals surface area contributed by atoms with Gasteiger partial charge in [-0.15, -0.1) is 0 Å². The van der Waals surface area contributed by atoms with E-state index >= 15 is 0 Å². The molecule has 2 atom stereocenters. The fourth-order valence-electron chi connectivity index (χ4n) is 4.86. The normalized spacial score (nSPS) is 12.0. The fourth-order valence-corrected chi connectivity index (χ4v) is 4.86. The molecule has 0 aliphatic rings. The molecule has 0 saturated carbocycles. The first-order valence-corrected chi connectivity index (χ1v) is 16.7. The van der Waals surface area contributed by atoms with E-state index in [1.807, 2.05) is 48.6 Å². The summed E-state index contributed by atoms with van der Waals surface area (Å²) in [5.41, 5.74) is 3.42. The molecule has 0 N–H and O–H groups in total. The average molecular weight is 751 g/mol. The van der Waals surface area contributed by atoms with Crippen molar-refractivity contribution in [3.8, 4) is 34.5 Å². The number of rotatable bonds is 20. The monoisotopic (exact) mass is 750 g/mol. The zero-order valence-corrected chi connectivity index (χ0v) is 31.6. The van der Waals surface area contributed by atoms with Crippen LogP contribution < -0.4 is 28.4 Å². The minimum absolute atomic E-state index is 0.101. The van der Waals surface area contributed by atoms with E-state index in [1.165, 1.54) is 56.1 Å². The zero-order valence-electron chi connectivity index (χ0n) is 31.6. The third-order valence-electron chi connectivity index (χ3n) is 7.28. The molecule has 0 radical (unpaired) electrons. The van der Waals surface area contributed by atoms with Crippen molar-refractivity contribution < 1.29 is 66.5 Å². The highest BCUT2D eigenvalue weighted by atomic mass is 16.6. The number of methoxy groups -OCH3 is 4. The van der Waals surface area contributed by atoms with Crippen molar-refractivity contribution in [3.63, 3.8) is 0 Å². The Balaban J connectivity index is 1.72. The van der Waals surface area contributed by atoms with Crippen LogP contribution in [0.15, 0.2) is 48.5 Å². The van der Waals surface area contributed by atoms with Crippen molar-refractivity contribution in [2.75, 3.05) is 54.9 Å². The van der Waals surface area contributed by atoms with Crippen LogP contribution in [-0.4, -0.2) is 91.0 Å². The van der Waals surface area contributed by atoms with E-state index < -0.39 is 36.1 Å². The summed E-state index contributed by atoms with van der Waals surface area (Å²) in [6.45, 7) is 4.51. The van der Waals surface area contributed by atoms with Gasteiger partial charge in [-0.1, -0.05) is 48.6 Å². The van der Waals surface area contributed by atoms with Gasteiger partial charge in [-0.2, -0.15) is 0 Å². The zero-order chi connectivity index (χ0) is 39.6. The van der Waals surface area contributed by atoms with Gasteiger partial charge in [0.25, 0.3) is 0 Å². The first-order valence-electron chi connectivity index (χ1n) is 16.7. The maximum absolute atomic E-state index is 11.5. The second kappa shape index (κ2) is 21.4. The van der Waals surface area contributed by atoms with Gasteiger partial charge in [0.1, 0.15) is 26.4 Å². The van der Waals surface area contributed by atoms with Gasteiger partial charge in [-0.05, 0) is 46.5 Å². The van der Waals surface area contributed by atoms with Crippen LogP contribution in [0.2, 0.25) is 0 Å². The molecule has 0 aliphatic heterocycles. The molecule has 3 rings (SSSR count). The molecule has 3 aromatic rings. The molecule has 0 spiro atoms. The van der Waals surface area contributed by atoms with Crippen molar-refractivity contribution in [2.45, 2.75) is 39.9 Å². The van der Waals surface area contributed by atoms with Crippen LogP contribution in [0.1, 0.15) is 49.9 Å². The Kier molecular flexibility index (Phi) is 16.7. The van der Waals surface area contributed by atoms with Crippen LogP contribution in [0.4, 0.5) is 0 Å². The molecule has 54 heavy (non-hydrogen) atoms. The Morgan fingerprint density at radius 3 is 1.02 bits per heavy atom. The standard InChI is InChI=1S/C40H46O14/c1-25(41)49-21-33(53-27(3)43)23-51-39-35(45-5)17-31(18-36(39)46-6)15-13-29-9-11-30(12-10-29)14-16-32-19-37(47-7)40(38(20-32)48-8)52-24-34(54-28(4)44)22-50-26(2)42/h9-20,33-34H,21-24H2,1-8H3/b15-13+,16-14+. The van der Waals surface area contributed by atoms with Crippen LogP contribution >= 0.6 is 0 Å². The highest BCUT2D eigenvalue weighted by Crippen LogP contribution is 2.40. The van der Waals surface area contributed by atoms with Gasteiger partial charge in [-0.3, -0.25) is 19.2 Å². The predicted molar refractivity (Wildman–Crippen MR) is 199 cm³/mol. The van der Waals surface area contributed by atoms with Crippen molar-refractivity contribution in [1.29, 1.82) is 0 Å². The summed E-state index contributed by atoms with van der Waals surface area (Å²) in [6.07, 6.45) is 6.01. The molecule has 0 aromatic heterocycles. The summed E-state index contributed by atoms with van der Waals surface area (Å²) in [7, 11) is 5.99. The number of benzene rings is 3. The predicted octanol–water partition coefficient (Wildman–Crippen LogP) is 5.81. The number of hydrogen-bond acceptors (Lipinski definition) is 14. The fraction of sp³-hybridized carbons (Fsp3) is 0.350. The lowest BCUT2D eigenvalue weighted by molar-refractivity contribution is -0.158. The second-order valence-corrected chi connectivity index (χ2v) is 11.5.